The fraction of sp³-hybridized carbons (Fsp3) is 0.353. The first-order chi connectivity index (χ1) is 9.74. The highest BCUT2D eigenvalue weighted by Crippen LogP contribution is 2.26. The zero-order chi connectivity index (χ0) is 14.4. The summed E-state index contributed by atoms with van der Waals surface area (Å²) in [5.74, 6) is 0. The number of hydrogen-bond acceptors (Lipinski definition) is 3. The summed E-state index contributed by atoms with van der Waals surface area (Å²) in [6.45, 7) is 4.40. The van der Waals surface area contributed by atoms with Crippen molar-refractivity contribution < 1.29 is 0 Å². The Bertz CT molecular complexity index is 552. The lowest BCUT2D eigenvalue weighted by Gasteiger charge is -2.22. The minimum absolute atomic E-state index is 0.279. The van der Waals surface area contributed by atoms with E-state index >= 15 is 0 Å². The van der Waals surface area contributed by atoms with Crippen molar-refractivity contribution in [3.63, 3.8) is 0 Å². The van der Waals surface area contributed by atoms with E-state index in [1.165, 1.54) is 10.4 Å². The van der Waals surface area contributed by atoms with Crippen molar-refractivity contribution in [2.75, 3.05) is 0 Å². The van der Waals surface area contributed by atoms with Crippen LogP contribution in [0.2, 0.25) is 0 Å². The van der Waals surface area contributed by atoms with Gasteiger partial charge in [-0.05, 0) is 42.5 Å². The Morgan fingerprint density at radius 1 is 1.25 bits per heavy atom. The summed E-state index contributed by atoms with van der Waals surface area (Å²) in [7, 11) is 0. The van der Waals surface area contributed by atoms with Crippen molar-refractivity contribution in [2.45, 2.75) is 38.8 Å². The molecule has 2 atom stereocenters. The number of nitriles is 1. The average molecular weight is 284 g/mol. The molecule has 1 aromatic carbocycles. The third kappa shape index (κ3) is 3.69. The maximum absolute atomic E-state index is 8.84. The largest absolute Gasteiger partial charge is 0.303 e. The monoisotopic (exact) mass is 284 g/mol. The van der Waals surface area contributed by atoms with Crippen LogP contribution in [0.25, 0.3) is 0 Å². The molecule has 0 aliphatic rings. The highest BCUT2D eigenvalue weighted by Gasteiger charge is 2.15. The van der Waals surface area contributed by atoms with E-state index in [4.69, 9.17) is 5.26 Å². The first kappa shape index (κ1) is 14.8. The molecule has 104 valence electrons. The van der Waals surface area contributed by atoms with Gasteiger partial charge in [-0.1, -0.05) is 31.5 Å². The lowest BCUT2D eigenvalue weighted by Crippen LogP contribution is -2.24. The van der Waals surface area contributed by atoms with Gasteiger partial charge in [0.15, 0.2) is 0 Å². The Morgan fingerprint density at radius 3 is 2.55 bits per heavy atom. The normalized spacial score (nSPS) is 13.7. The molecule has 1 heterocycles. The minimum atomic E-state index is 0.279. The maximum atomic E-state index is 8.84. The van der Waals surface area contributed by atoms with Crippen molar-refractivity contribution in [2.24, 2.45) is 0 Å². The van der Waals surface area contributed by atoms with Crippen LogP contribution < -0.4 is 5.32 Å². The summed E-state index contributed by atoms with van der Waals surface area (Å²) < 4.78 is 0. The molecule has 0 aliphatic heterocycles. The average Bonchev–Trinajstić information content (AvgIpc) is 3.01. The van der Waals surface area contributed by atoms with Crippen LogP contribution in [0.1, 0.15) is 54.8 Å². The van der Waals surface area contributed by atoms with Crippen LogP contribution in [0, 0.1) is 11.3 Å². The molecule has 0 bridgehead atoms. The fourth-order valence-electron chi connectivity index (χ4n) is 2.33. The van der Waals surface area contributed by atoms with Gasteiger partial charge in [0.2, 0.25) is 0 Å². The summed E-state index contributed by atoms with van der Waals surface area (Å²) in [4.78, 5) is 1.40. The van der Waals surface area contributed by atoms with E-state index in [2.05, 4.69) is 42.7 Å². The van der Waals surface area contributed by atoms with Crippen molar-refractivity contribution in [1.29, 1.82) is 5.26 Å². The molecule has 2 aromatic rings. The highest BCUT2D eigenvalue weighted by atomic mass is 32.1. The molecule has 2 nitrogen and oxygen atoms in total. The Hall–Kier alpha value is -1.63. The molecule has 3 heteroatoms. The first-order valence-electron chi connectivity index (χ1n) is 7.04. The number of benzene rings is 1. The second-order valence-electron chi connectivity index (χ2n) is 4.98. The zero-order valence-electron chi connectivity index (χ0n) is 12.0. The Kier molecular flexibility index (Phi) is 5.34. The topological polar surface area (TPSA) is 35.8 Å². The molecule has 2 unspecified atom stereocenters. The predicted octanol–water partition coefficient (Wildman–Crippen LogP) is 4.81. The van der Waals surface area contributed by atoms with Crippen molar-refractivity contribution in [3.05, 3.63) is 57.8 Å². The third-order valence-electron chi connectivity index (χ3n) is 3.45. The zero-order valence-corrected chi connectivity index (χ0v) is 12.8. The molecule has 0 fully saturated rings. The number of nitrogens with zero attached hydrogens (tertiary/aromatic N) is 1. The van der Waals surface area contributed by atoms with Crippen molar-refractivity contribution >= 4 is 11.3 Å². The minimum Gasteiger partial charge on any atom is -0.303 e. The van der Waals surface area contributed by atoms with Crippen LogP contribution in [0.3, 0.4) is 0 Å². The molecule has 20 heavy (non-hydrogen) atoms. The van der Waals surface area contributed by atoms with Gasteiger partial charge in [0.25, 0.3) is 0 Å². The summed E-state index contributed by atoms with van der Waals surface area (Å²) in [5.41, 5.74) is 1.94. The summed E-state index contributed by atoms with van der Waals surface area (Å²) >= 11 is 1.81. The molecular weight excluding hydrogens is 264 g/mol. The lowest BCUT2D eigenvalue weighted by molar-refractivity contribution is 0.445. The van der Waals surface area contributed by atoms with E-state index < -0.39 is 0 Å². The first-order valence-corrected chi connectivity index (χ1v) is 7.92. The second kappa shape index (κ2) is 7.23. The molecule has 0 spiro atoms. The Morgan fingerprint density at radius 2 is 2.00 bits per heavy atom. The Labute approximate surface area is 125 Å². The van der Waals surface area contributed by atoms with Crippen LogP contribution in [0.15, 0.2) is 41.8 Å². The lowest BCUT2D eigenvalue weighted by atomic mass is 10.0. The number of hydrogen-bond donors (Lipinski definition) is 1. The van der Waals surface area contributed by atoms with Gasteiger partial charge in [-0.2, -0.15) is 5.26 Å². The van der Waals surface area contributed by atoms with E-state index in [0.29, 0.717) is 11.6 Å². The second-order valence-corrected chi connectivity index (χ2v) is 5.96. The van der Waals surface area contributed by atoms with Gasteiger partial charge < -0.3 is 5.32 Å². The van der Waals surface area contributed by atoms with Gasteiger partial charge in [-0.15, -0.1) is 11.3 Å². The summed E-state index contributed by atoms with van der Waals surface area (Å²) in [5, 5.41) is 14.7. The van der Waals surface area contributed by atoms with E-state index in [-0.39, 0.29) is 6.04 Å². The molecule has 1 N–H and O–H groups in total. The quantitative estimate of drug-likeness (QED) is 0.826. The summed E-state index contributed by atoms with van der Waals surface area (Å²) in [6, 6.07) is 15.0. The fourth-order valence-corrected chi connectivity index (χ4v) is 3.15. The molecule has 0 saturated heterocycles. The molecule has 0 saturated carbocycles. The van der Waals surface area contributed by atoms with Crippen LogP contribution >= 0.6 is 11.3 Å². The molecular formula is C17H20N2S. The standard InChI is InChI=1S/C17H20N2S/c1-3-5-16(17-6-4-11-20-17)19-13(2)15-9-7-14(12-18)8-10-15/h4,6-11,13,16,19H,3,5H2,1-2H3. The van der Waals surface area contributed by atoms with Gasteiger partial charge >= 0.3 is 0 Å². The van der Waals surface area contributed by atoms with E-state index in [9.17, 15) is 0 Å². The van der Waals surface area contributed by atoms with E-state index in [1.807, 2.05) is 35.6 Å². The predicted molar refractivity (Wildman–Crippen MR) is 84.7 cm³/mol. The number of thiophene rings is 1. The van der Waals surface area contributed by atoms with Crippen LogP contribution in [-0.4, -0.2) is 0 Å². The molecule has 0 amide bonds. The highest BCUT2D eigenvalue weighted by molar-refractivity contribution is 7.10. The van der Waals surface area contributed by atoms with Gasteiger partial charge in [0.05, 0.1) is 11.6 Å². The smallest absolute Gasteiger partial charge is 0.0991 e. The molecule has 0 aliphatic carbocycles. The summed E-state index contributed by atoms with van der Waals surface area (Å²) in [6.07, 6.45) is 2.30. The maximum Gasteiger partial charge on any atom is 0.0991 e. The van der Waals surface area contributed by atoms with Gasteiger partial charge in [0, 0.05) is 17.0 Å². The van der Waals surface area contributed by atoms with Gasteiger partial charge in [-0.3, -0.25) is 0 Å². The molecule has 1 aromatic heterocycles. The van der Waals surface area contributed by atoms with Gasteiger partial charge in [-0.25, -0.2) is 0 Å². The van der Waals surface area contributed by atoms with E-state index in [0.717, 1.165) is 12.8 Å². The van der Waals surface area contributed by atoms with E-state index in [1.54, 1.807) is 0 Å². The van der Waals surface area contributed by atoms with Crippen LogP contribution in [-0.2, 0) is 0 Å². The SMILES string of the molecule is CCCC(NC(C)c1ccc(C#N)cc1)c1cccs1. The van der Waals surface area contributed by atoms with Crippen molar-refractivity contribution in [3.8, 4) is 6.07 Å². The molecule has 0 radical (unpaired) electrons. The van der Waals surface area contributed by atoms with Crippen LogP contribution in [0.5, 0.6) is 0 Å². The van der Waals surface area contributed by atoms with Crippen LogP contribution in [0.4, 0.5) is 0 Å². The third-order valence-corrected chi connectivity index (χ3v) is 4.44. The molecule has 2 rings (SSSR count). The van der Waals surface area contributed by atoms with Crippen molar-refractivity contribution in [1.82, 2.24) is 5.32 Å². The number of nitrogens with one attached hydrogen (secondary N) is 1. The van der Waals surface area contributed by atoms with Gasteiger partial charge in [0.1, 0.15) is 0 Å². The number of rotatable bonds is 6. The Balaban J connectivity index is 2.07.